The summed E-state index contributed by atoms with van der Waals surface area (Å²) >= 11 is 0. The summed E-state index contributed by atoms with van der Waals surface area (Å²) in [5, 5.41) is 0. The van der Waals surface area contributed by atoms with Gasteiger partial charge in [-0.25, -0.2) is 4.99 Å². The highest BCUT2D eigenvalue weighted by Gasteiger charge is 2.42. The van der Waals surface area contributed by atoms with Crippen molar-refractivity contribution in [2.75, 3.05) is 6.61 Å². The van der Waals surface area contributed by atoms with E-state index >= 15 is 0 Å². The van der Waals surface area contributed by atoms with Gasteiger partial charge in [-0.1, -0.05) is 41.5 Å². The minimum absolute atomic E-state index is 0.109. The molecule has 0 fully saturated rings. The quantitative estimate of drug-likeness (QED) is 0.554. The molecule has 0 unspecified atom stereocenters. The van der Waals surface area contributed by atoms with E-state index in [1.165, 1.54) is 0 Å². The first-order valence-corrected chi connectivity index (χ1v) is 9.61. The van der Waals surface area contributed by atoms with Gasteiger partial charge in [0.2, 0.25) is 0 Å². The maximum absolute atomic E-state index is 5.60. The number of nitrogens with zero attached hydrogens (tertiary/aromatic N) is 1. The molecule has 1 rings (SSSR count). The molecule has 2 nitrogen and oxygen atoms in total. The summed E-state index contributed by atoms with van der Waals surface area (Å²) in [6.07, 6.45) is 0. The Morgan fingerprint density at radius 2 is 1.53 bits per heavy atom. The highest BCUT2D eigenvalue weighted by Crippen LogP contribution is 2.40. The molecule has 0 aromatic carbocycles. The molecule has 1 heterocycles. The van der Waals surface area contributed by atoms with Crippen molar-refractivity contribution in [3.63, 3.8) is 0 Å². The molecule has 0 aliphatic carbocycles. The van der Waals surface area contributed by atoms with E-state index in [9.17, 15) is 0 Å². The molecule has 1 aliphatic rings. The van der Waals surface area contributed by atoms with Gasteiger partial charge in [0.05, 0.1) is 5.54 Å². The first-order valence-electron chi connectivity index (χ1n) is 7.37. The van der Waals surface area contributed by atoms with Gasteiger partial charge in [0.15, 0.2) is 0 Å². The van der Waals surface area contributed by atoms with Crippen LogP contribution in [0, 0.1) is 11.5 Å². The Kier molecular flexibility index (Phi) is 4.90. The van der Waals surface area contributed by atoms with Gasteiger partial charge in [0.1, 0.15) is 14.7 Å². The third-order valence-electron chi connectivity index (χ3n) is 4.22. The largest absolute Gasteiger partial charge is 0.469 e. The van der Waals surface area contributed by atoms with Crippen LogP contribution < -0.4 is 0 Å². The minimum Gasteiger partial charge on any atom is -0.469 e. The lowest BCUT2D eigenvalue weighted by Gasteiger charge is -2.37. The van der Waals surface area contributed by atoms with E-state index in [0.717, 1.165) is 0 Å². The van der Waals surface area contributed by atoms with Crippen molar-refractivity contribution in [2.45, 2.75) is 77.6 Å². The lowest BCUT2D eigenvalue weighted by Crippen LogP contribution is -2.43. The molecular formula is C16H29NOSi. The molecule has 0 N–H and O–H groups in total. The van der Waals surface area contributed by atoms with Crippen molar-refractivity contribution in [3.8, 4) is 11.5 Å². The van der Waals surface area contributed by atoms with Gasteiger partial charge in [0.25, 0.3) is 5.90 Å². The zero-order valence-corrected chi connectivity index (χ0v) is 14.8. The zero-order valence-electron chi connectivity index (χ0n) is 13.8. The van der Waals surface area contributed by atoms with E-state index in [1.807, 2.05) is 0 Å². The van der Waals surface area contributed by atoms with Crippen molar-refractivity contribution in [2.24, 2.45) is 4.99 Å². The molecule has 108 valence electrons. The van der Waals surface area contributed by atoms with E-state index in [1.54, 1.807) is 0 Å². The predicted octanol–water partition coefficient (Wildman–Crippen LogP) is 4.42. The van der Waals surface area contributed by atoms with Crippen LogP contribution in [0.2, 0.25) is 16.6 Å². The number of ether oxygens (including phenoxy) is 1. The van der Waals surface area contributed by atoms with Crippen LogP contribution in [0.1, 0.15) is 55.4 Å². The molecule has 0 saturated heterocycles. The molecular weight excluding hydrogens is 250 g/mol. The molecule has 19 heavy (non-hydrogen) atoms. The van der Waals surface area contributed by atoms with Gasteiger partial charge in [0, 0.05) is 0 Å². The van der Waals surface area contributed by atoms with Crippen LogP contribution in [0.5, 0.6) is 0 Å². The highest BCUT2D eigenvalue weighted by atomic mass is 28.3. The average Bonchev–Trinajstić information content (AvgIpc) is 2.57. The lowest BCUT2D eigenvalue weighted by atomic mass is 10.1. The molecule has 0 radical (unpaired) electrons. The van der Waals surface area contributed by atoms with Gasteiger partial charge in [-0.3, -0.25) is 0 Å². The topological polar surface area (TPSA) is 21.6 Å². The minimum atomic E-state index is -1.66. The summed E-state index contributed by atoms with van der Waals surface area (Å²) in [4.78, 5) is 4.54. The van der Waals surface area contributed by atoms with Crippen molar-refractivity contribution in [1.29, 1.82) is 0 Å². The first-order chi connectivity index (χ1) is 8.62. The molecule has 0 atom stereocenters. The molecule has 0 saturated carbocycles. The Morgan fingerprint density at radius 3 is 1.84 bits per heavy atom. The van der Waals surface area contributed by atoms with Gasteiger partial charge in [-0.05, 0) is 36.4 Å². The summed E-state index contributed by atoms with van der Waals surface area (Å²) in [7, 11) is -1.66. The van der Waals surface area contributed by atoms with E-state index in [0.29, 0.717) is 29.1 Å². The maximum Gasteiger partial charge on any atom is 0.263 e. The number of rotatable bonds is 3. The summed E-state index contributed by atoms with van der Waals surface area (Å²) in [5.41, 5.74) is 5.48. The van der Waals surface area contributed by atoms with Crippen molar-refractivity contribution in [1.82, 2.24) is 0 Å². The Hall–Kier alpha value is -0.753. The monoisotopic (exact) mass is 279 g/mol. The smallest absolute Gasteiger partial charge is 0.263 e. The van der Waals surface area contributed by atoms with Crippen LogP contribution in [0.3, 0.4) is 0 Å². The molecule has 0 amide bonds. The highest BCUT2D eigenvalue weighted by molar-refractivity contribution is 6.90. The van der Waals surface area contributed by atoms with Crippen LogP contribution in [-0.2, 0) is 4.74 Å². The first kappa shape index (κ1) is 16.3. The fraction of sp³-hybridized carbons (Fsp3) is 0.812. The normalized spacial score (nSPS) is 18.4. The molecule has 0 aromatic heterocycles. The second kappa shape index (κ2) is 5.71. The van der Waals surface area contributed by atoms with Gasteiger partial charge >= 0.3 is 0 Å². The molecule has 0 aromatic rings. The number of hydrogen-bond donors (Lipinski definition) is 0. The SMILES string of the molecule is CC(C)[Si](C#CC1=NC(C)(C)CO1)(C(C)C)C(C)C. The second-order valence-electron chi connectivity index (χ2n) is 7.17. The standard InChI is InChI=1S/C16H29NOSi/c1-12(2)19(13(3)4,14(5)6)10-9-15-17-16(7,8)11-18-15/h12-14H,11H2,1-8H3. The van der Waals surface area contributed by atoms with Crippen molar-refractivity contribution >= 4 is 14.0 Å². The van der Waals surface area contributed by atoms with Crippen molar-refractivity contribution in [3.05, 3.63) is 0 Å². The molecule has 0 spiro atoms. The summed E-state index contributed by atoms with van der Waals surface area (Å²) in [6.45, 7) is 18.7. The zero-order chi connectivity index (χ0) is 14.8. The maximum atomic E-state index is 5.60. The fourth-order valence-corrected chi connectivity index (χ4v) is 8.43. The van der Waals surface area contributed by atoms with Crippen LogP contribution in [0.25, 0.3) is 0 Å². The Morgan fingerprint density at radius 1 is 1.05 bits per heavy atom. The van der Waals surface area contributed by atoms with Crippen molar-refractivity contribution < 1.29 is 4.74 Å². The predicted molar refractivity (Wildman–Crippen MR) is 86.3 cm³/mol. The Bertz CT molecular complexity index is 388. The van der Waals surface area contributed by atoms with Gasteiger partial charge < -0.3 is 4.74 Å². The van der Waals surface area contributed by atoms with E-state index in [2.05, 4.69) is 71.8 Å². The Labute approximate surface area is 120 Å². The Balaban J connectivity index is 3.11. The summed E-state index contributed by atoms with van der Waals surface area (Å²) in [6, 6.07) is 0. The van der Waals surface area contributed by atoms with Crippen LogP contribution in [0.4, 0.5) is 0 Å². The molecule has 0 bridgehead atoms. The summed E-state index contributed by atoms with van der Waals surface area (Å²) in [5.74, 6) is 3.90. The lowest BCUT2D eigenvalue weighted by molar-refractivity contribution is 0.281. The molecule has 1 aliphatic heterocycles. The van der Waals surface area contributed by atoms with Crippen LogP contribution >= 0.6 is 0 Å². The van der Waals surface area contributed by atoms with E-state index in [-0.39, 0.29) is 5.54 Å². The number of hydrogen-bond acceptors (Lipinski definition) is 2. The van der Waals surface area contributed by atoms with Crippen LogP contribution in [-0.4, -0.2) is 26.1 Å². The fourth-order valence-electron chi connectivity index (χ4n) is 3.24. The third-order valence-corrected chi connectivity index (χ3v) is 10.5. The van der Waals surface area contributed by atoms with Gasteiger partial charge in [-0.2, -0.15) is 0 Å². The average molecular weight is 280 g/mol. The second-order valence-corrected chi connectivity index (χ2v) is 12.7. The summed E-state index contributed by atoms with van der Waals surface area (Å²) < 4.78 is 5.60. The van der Waals surface area contributed by atoms with Crippen LogP contribution in [0.15, 0.2) is 4.99 Å². The number of aliphatic imine (C=N–C) groups is 1. The van der Waals surface area contributed by atoms with E-state index in [4.69, 9.17) is 4.74 Å². The molecule has 3 heteroatoms. The van der Waals surface area contributed by atoms with Gasteiger partial charge in [-0.15, -0.1) is 5.54 Å². The third kappa shape index (κ3) is 3.42. The van der Waals surface area contributed by atoms with E-state index < -0.39 is 8.07 Å².